The molecule has 0 fully saturated rings. The van der Waals surface area contributed by atoms with Crippen LogP contribution < -0.4 is 0 Å². The maximum Gasteiger partial charge on any atom is 0.194 e. The predicted octanol–water partition coefficient (Wildman–Crippen LogP) is 1.70. The van der Waals surface area contributed by atoms with Crippen LogP contribution in [-0.2, 0) is 0 Å². The van der Waals surface area contributed by atoms with Crippen LogP contribution in [0.3, 0.4) is 0 Å². The second-order valence-corrected chi connectivity index (χ2v) is 1.44. The molecule has 0 aliphatic rings. The SMILES string of the molecule is CCCC.C[N+](=O)[O-]. The standard InChI is InChI=1S/C4H10.CH3NO2/c1-3-4-2;1-2(3)4/h3-4H2,1-2H3;1H3. The maximum atomic E-state index is 8.81. The van der Waals surface area contributed by atoms with Gasteiger partial charge in [-0.05, 0) is 0 Å². The van der Waals surface area contributed by atoms with Crippen LogP contribution in [0.2, 0.25) is 0 Å². The number of nitrogens with zero attached hydrogens (tertiary/aromatic N) is 1. The lowest BCUT2D eigenvalue weighted by molar-refractivity contribution is -0.445. The van der Waals surface area contributed by atoms with Crippen molar-refractivity contribution in [3.63, 3.8) is 0 Å². The lowest BCUT2D eigenvalue weighted by atomic mass is 10.4. The van der Waals surface area contributed by atoms with E-state index in [1.165, 1.54) is 12.8 Å². The maximum absolute atomic E-state index is 8.81. The van der Waals surface area contributed by atoms with Gasteiger partial charge in [0.1, 0.15) is 0 Å². The van der Waals surface area contributed by atoms with Gasteiger partial charge >= 0.3 is 0 Å². The summed E-state index contributed by atoms with van der Waals surface area (Å²) in [5.41, 5.74) is 0. The Bertz CT molecular complexity index is 48.4. The number of hydrogen-bond acceptors (Lipinski definition) is 2. The molecule has 0 aromatic heterocycles. The van der Waals surface area contributed by atoms with E-state index in [0.29, 0.717) is 0 Å². The lowest BCUT2D eigenvalue weighted by Gasteiger charge is -1.68. The van der Waals surface area contributed by atoms with Gasteiger partial charge in [-0.25, -0.2) is 0 Å². The Labute approximate surface area is 49.9 Å². The van der Waals surface area contributed by atoms with Crippen molar-refractivity contribution in [3.8, 4) is 0 Å². The minimum Gasteiger partial charge on any atom is -0.265 e. The van der Waals surface area contributed by atoms with Crippen molar-refractivity contribution >= 4 is 0 Å². The lowest BCUT2D eigenvalue weighted by Crippen LogP contribution is -1.79. The third-order valence-corrected chi connectivity index (χ3v) is 0.500. The summed E-state index contributed by atoms with van der Waals surface area (Å²) in [6.07, 6.45) is 2.64. The smallest absolute Gasteiger partial charge is 0.194 e. The van der Waals surface area contributed by atoms with E-state index in [1.807, 2.05) is 0 Å². The first-order chi connectivity index (χ1) is 3.65. The van der Waals surface area contributed by atoms with Crippen LogP contribution in [-0.4, -0.2) is 12.0 Å². The molecule has 0 aliphatic heterocycles. The molecular weight excluding hydrogens is 106 g/mol. The molecule has 0 radical (unpaired) electrons. The second kappa shape index (κ2) is 9.64. The van der Waals surface area contributed by atoms with Gasteiger partial charge in [0.15, 0.2) is 7.05 Å². The zero-order chi connectivity index (χ0) is 6.99. The van der Waals surface area contributed by atoms with Gasteiger partial charge in [-0.15, -0.1) is 0 Å². The molecule has 0 spiro atoms. The predicted molar refractivity (Wildman–Crippen MR) is 33.5 cm³/mol. The van der Waals surface area contributed by atoms with Crippen LogP contribution in [0.15, 0.2) is 0 Å². The molecule has 0 saturated carbocycles. The fraction of sp³-hybridized carbons (Fsp3) is 1.00. The first kappa shape index (κ1) is 10.4. The monoisotopic (exact) mass is 119 g/mol. The third kappa shape index (κ3) is 653. The Kier molecular flexibility index (Phi) is 12.5. The van der Waals surface area contributed by atoms with Crippen LogP contribution >= 0.6 is 0 Å². The summed E-state index contributed by atoms with van der Waals surface area (Å²) >= 11 is 0. The third-order valence-electron chi connectivity index (χ3n) is 0.500. The normalized spacial score (nSPS) is 6.88. The minimum absolute atomic E-state index is 0.500. The van der Waals surface area contributed by atoms with Crippen molar-refractivity contribution in [3.05, 3.63) is 10.1 Å². The van der Waals surface area contributed by atoms with E-state index in [0.717, 1.165) is 7.05 Å². The van der Waals surface area contributed by atoms with E-state index in [1.54, 1.807) is 0 Å². The highest BCUT2D eigenvalue weighted by atomic mass is 16.6. The molecule has 0 saturated heterocycles. The fourth-order valence-corrected chi connectivity index (χ4v) is 0. The molecular formula is C5H13NO2. The molecule has 0 aromatic carbocycles. The van der Waals surface area contributed by atoms with Crippen molar-refractivity contribution in [1.29, 1.82) is 0 Å². The van der Waals surface area contributed by atoms with E-state index in [4.69, 9.17) is 10.1 Å². The Hall–Kier alpha value is -0.600. The van der Waals surface area contributed by atoms with Crippen molar-refractivity contribution < 1.29 is 4.92 Å². The Balaban J connectivity index is 0. The number of rotatable bonds is 1. The van der Waals surface area contributed by atoms with Crippen molar-refractivity contribution in [1.82, 2.24) is 0 Å². The van der Waals surface area contributed by atoms with Crippen molar-refractivity contribution in [2.24, 2.45) is 0 Å². The molecule has 0 rings (SSSR count). The summed E-state index contributed by atoms with van der Waals surface area (Å²) in [4.78, 5) is 8.31. The number of unbranched alkanes of at least 4 members (excludes halogenated alkanes) is 1. The van der Waals surface area contributed by atoms with Crippen LogP contribution in [0.25, 0.3) is 0 Å². The van der Waals surface area contributed by atoms with E-state index in [9.17, 15) is 0 Å². The highest BCUT2D eigenvalue weighted by molar-refractivity contribution is 4.12. The molecule has 50 valence electrons. The highest BCUT2D eigenvalue weighted by Gasteiger charge is 1.57. The first-order valence-electron chi connectivity index (χ1n) is 2.73. The minimum atomic E-state index is -0.500. The summed E-state index contributed by atoms with van der Waals surface area (Å²) < 4.78 is 0. The van der Waals surface area contributed by atoms with Gasteiger partial charge in [0.2, 0.25) is 0 Å². The van der Waals surface area contributed by atoms with Gasteiger partial charge in [0.05, 0.1) is 0 Å². The van der Waals surface area contributed by atoms with Crippen LogP contribution in [0, 0.1) is 10.1 Å². The largest absolute Gasteiger partial charge is 0.265 e. The quantitative estimate of drug-likeness (QED) is 0.389. The van der Waals surface area contributed by atoms with E-state index >= 15 is 0 Å². The summed E-state index contributed by atoms with van der Waals surface area (Å²) in [5.74, 6) is 0. The van der Waals surface area contributed by atoms with Crippen LogP contribution in [0.1, 0.15) is 26.7 Å². The first-order valence-corrected chi connectivity index (χ1v) is 2.73. The van der Waals surface area contributed by atoms with Gasteiger partial charge in [-0.1, -0.05) is 26.7 Å². The topological polar surface area (TPSA) is 43.1 Å². The Morgan fingerprint density at radius 3 is 1.50 bits per heavy atom. The fourth-order valence-electron chi connectivity index (χ4n) is 0. The van der Waals surface area contributed by atoms with Crippen LogP contribution in [0.4, 0.5) is 0 Å². The average molecular weight is 119 g/mol. The van der Waals surface area contributed by atoms with Gasteiger partial charge in [0, 0.05) is 4.92 Å². The molecule has 0 amide bonds. The van der Waals surface area contributed by atoms with Crippen LogP contribution in [0.5, 0.6) is 0 Å². The zero-order valence-electron chi connectivity index (χ0n) is 5.68. The molecule has 8 heavy (non-hydrogen) atoms. The van der Waals surface area contributed by atoms with Gasteiger partial charge in [-0.3, -0.25) is 10.1 Å². The molecule has 0 unspecified atom stereocenters. The van der Waals surface area contributed by atoms with E-state index in [2.05, 4.69) is 13.8 Å². The summed E-state index contributed by atoms with van der Waals surface area (Å²) in [5, 5.41) is 8.81. The van der Waals surface area contributed by atoms with Gasteiger partial charge in [0.25, 0.3) is 0 Å². The van der Waals surface area contributed by atoms with Gasteiger partial charge in [-0.2, -0.15) is 0 Å². The van der Waals surface area contributed by atoms with E-state index < -0.39 is 4.92 Å². The Morgan fingerprint density at radius 1 is 1.38 bits per heavy atom. The average Bonchev–Trinajstić information content (AvgIpc) is 1.65. The molecule has 0 N–H and O–H groups in total. The zero-order valence-corrected chi connectivity index (χ0v) is 5.68. The summed E-state index contributed by atoms with van der Waals surface area (Å²) in [6, 6.07) is 0. The highest BCUT2D eigenvalue weighted by Crippen LogP contribution is 1.76. The molecule has 0 aliphatic carbocycles. The second-order valence-electron chi connectivity index (χ2n) is 1.44. The van der Waals surface area contributed by atoms with Crippen molar-refractivity contribution in [2.75, 3.05) is 7.05 Å². The molecule has 3 nitrogen and oxygen atoms in total. The molecule has 0 atom stereocenters. The number of nitro groups is 1. The molecule has 0 heterocycles. The summed E-state index contributed by atoms with van der Waals surface area (Å²) in [7, 11) is 0.889. The Morgan fingerprint density at radius 2 is 1.50 bits per heavy atom. The van der Waals surface area contributed by atoms with E-state index in [-0.39, 0.29) is 0 Å². The number of hydrogen-bond donors (Lipinski definition) is 0. The molecule has 3 heteroatoms. The summed E-state index contributed by atoms with van der Waals surface area (Å²) in [6.45, 7) is 4.36. The van der Waals surface area contributed by atoms with Crippen molar-refractivity contribution in [2.45, 2.75) is 26.7 Å². The molecule has 0 aromatic rings. The molecule has 0 bridgehead atoms. The van der Waals surface area contributed by atoms with Gasteiger partial charge < -0.3 is 0 Å².